The number of ether oxygens (including phenoxy) is 1. The molecule has 5 heteroatoms. The number of nitrogens with one attached hydrogen (secondary N) is 1. The topological polar surface area (TPSA) is 21.3 Å². The molecule has 0 aliphatic heterocycles. The predicted octanol–water partition coefficient (Wildman–Crippen LogP) is 4.17. The fourth-order valence-electron chi connectivity index (χ4n) is 2.48. The maximum atomic E-state index is 12.7. The highest BCUT2D eigenvalue weighted by Crippen LogP contribution is 2.48. The molecule has 1 unspecified atom stereocenters. The Labute approximate surface area is 123 Å². The molecule has 1 aliphatic carbocycles. The molecule has 1 fully saturated rings. The molecule has 1 aromatic rings. The van der Waals surface area contributed by atoms with Crippen molar-refractivity contribution < 1.29 is 17.9 Å². The van der Waals surface area contributed by atoms with Gasteiger partial charge in [0.15, 0.2) is 0 Å². The summed E-state index contributed by atoms with van der Waals surface area (Å²) in [5.74, 6) is 0. The molecule has 1 aliphatic rings. The third-order valence-corrected chi connectivity index (χ3v) is 4.29. The molecule has 118 valence electrons. The molecule has 0 amide bonds. The molecule has 0 radical (unpaired) electrons. The van der Waals surface area contributed by atoms with E-state index < -0.39 is 11.7 Å². The Morgan fingerprint density at radius 1 is 1.33 bits per heavy atom. The minimum absolute atomic E-state index is 0.0904. The van der Waals surface area contributed by atoms with Crippen LogP contribution in [0.1, 0.15) is 43.4 Å². The van der Waals surface area contributed by atoms with Crippen LogP contribution in [0.4, 0.5) is 13.2 Å². The molecular formula is C16H22F3NO. The summed E-state index contributed by atoms with van der Waals surface area (Å²) in [5, 5.41) is 3.37. The maximum Gasteiger partial charge on any atom is 0.416 e. The van der Waals surface area contributed by atoms with Gasteiger partial charge >= 0.3 is 6.18 Å². The van der Waals surface area contributed by atoms with Crippen molar-refractivity contribution in [1.82, 2.24) is 5.32 Å². The maximum absolute atomic E-state index is 12.7. The summed E-state index contributed by atoms with van der Waals surface area (Å²) in [5.41, 5.74) is 0.368. The van der Waals surface area contributed by atoms with E-state index in [1.165, 1.54) is 25.0 Å². The molecule has 2 rings (SSSR count). The van der Waals surface area contributed by atoms with Gasteiger partial charge in [-0.1, -0.05) is 12.1 Å². The van der Waals surface area contributed by atoms with Crippen molar-refractivity contribution in [3.8, 4) is 0 Å². The van der Waals surface area contributed by atoms with E-state index in [-0.39, 0.29) is 11.5 Å². The average Bonchev–Trinajstić information content (AvgIpc) is 3.22. The molecule has 0 bridgehead atoms. The third kappa shape index (κ3) is 4.45. The zero-order valence-corrected chi connectivity index (χ0v) is 12.5. The van der Waals surface area contributed by atoms with Crippen LogP contribution in [0.5, 0.6) is 0 Å². The average molecular weight is 301 g/mol. The van der Waals surface area contributed by atoms with Gasteiger partial charge in [-0.15, -0.1) is 0 Å². The van der Waals surface area contributed by atoms with Crippen molar-refractivity contribution in [1.29, 1.82) is 0 Å². The van der Waals surface area contributed by atoms with Gasteiger partial charge in [0.1, 0.15) is 0 Å². The summed E-state index contributed by atoms with van der Waals surface area (Å²) >= 11 is 0. The Kier molecular flexibility index (Phi) is 4.94. The molecular weight excluding hydrogens is 279 g/mol. The first-order valence-corrected chi connectivity index (χ1v) is 7.26. The Bertz CT molecular complexity index is 469. The lowest BCUT2D eigenvalue weighted by atomic mass is 10.0. The van der Waals surface area contributed by atoms with E-state index in [0.717, 1.165) is 25.6 Å². The molecule has 1 atom stereocenters. The Balaban J connectivity index is 1.93. The SMILES string of the molecule is COCCC1(CNC(C)c2cccc(C(F)(F)F)c2)CC1. The first kappa shape index (κ1) is 16.3. The molecule has 1 aromatic carbocycles. The highest BCUT2D eigenvalue weighted by atomic mass is 19.4. The van der Waals surface area contributed by atoms with Crippen molar-refractivity contribution in [2.24, 2.45) is 5.41 Å². The minimum atomic E-state index is -4.29. The van der Waals surface area contributed by atoms with Gasteiger partial charge in [-0.2, -0.15) is 13.2 Å². The summed E-state index contributed by atoms with van der Waals surface area (Å²) in [7, 11) is 1.69. The lowest BCUT2D eigenvalue weighted by Gasteiger charge is -2.21. The normalized spacial score (nSPS) is 18.5. The van der Waals surface area contributed by atoms with E-state index in [0.29, 0.717) is 5.56 Å². The van der Waals surface area contributed by atoms with Crippen LogP contribution in [-0.4, -0.2) is 20.3 Å². The molecule has 0 saturated heterocycles. The second kappa shape index (κ2) is 6.36. The van der Waals surface area contributed by atoms with Crippen LogP contribution in [0.15, 0.2) is 24.3 Å². The summed E-state index contributed by atoms with van der Waals surface area (Å²) in [6.45, 7) is 3.47. The third-order valence-electron chi connectivity index (χ3n) is 4.29. The Morgan fingerprint density at radius 2 is 2.05 bits per heavy atom. The zero-order chi connectivity index (χ0) is 15.5. The van der Waals surface area contributed by atoms with Crippen molar-refractivity contribution in [3.63, 3.8) is 0 Å². The van der Waals surface area contributed by atoms with Gasteiger partial charge in [0, 0.05) is 26.3 Å². The van der Waals surface area contributed by atoms with Gasteiger partial charge in [0.2, 0.25) is 0 Å². The second-order valence-electron chi connectivity index (χ2n) is 5.97. The Morgan fingerprint density at radius 3 is 2.62 bits per heavy atom. The van der Waals surface area contributed by atoms with Crippen LogP contribution < -0.4 is 5.32 Å². The van der Waals surface area contributed by atoms with Crippen LogP contribution in [0, 0.1) is 5.41 Å². The highest BCUT2D eigenvalue weighted by molar-refractivity contribution is 5.27. The fraction of sp³-hybridized carbons (Fsp3) is 0.625. The summed E-state index contributed by atoms with van der Waals surface area (Å²) < 4.78 is 43.3. The van der Waals surface area contributed by atoms with Gasteiger partial charge in [-0.3, -0.25) is 0 Å². The minimum Gasteiger partial charge on any atom is -0.385 e. The largest absolute Gasteiger partial charge is 0.416 e. The van der Waals surface area contributed by atoms with E-state index in [9.17, 15) is 13.2 Å². The van der Waals surface area contributed by atoms with Crippen LogP contribution in [0.2, 0.25) is 0 Å². The highest BCUT2D eigenvalue weighted by Gasteiger charge is 2.41. The second-order valence-corrected chi connectivity index (χ2v) is 5.97. The number of rotatable bonds is 7. The predicted molar refractivity (Wildman–Crippen MR) is 76.0 cm³/mol. The first-order valence-electron chi connectivity index (χ1n) is 7.26. The van der Waals surface area contributed by atoms with E-state index >= 15 is 0 Å². The summed E-state index contributed by atoms with van der Waals surface area (Å²) in [6, 6.07) is 5.45. The van der Waals surface area contributed by atoms with E-state index in [1.54, 1.807) is 13.2 Å². The number of alkyl halides is 3. The number of halogens is 3. The molecule has 0 heterocycles. The van der Waals surface area contributed by atoms with Gasteiger partial charge in [-0.25, -0.2) is 0 Å². The fourth-order valence-corrected chi connectivity index (χ4v) is 2.48. The molecule has 21 heavy (non-hydrogen) atoms. The van der Waals surface area contributed by atoms with Gasteiger partial charge in [0.05, 0.1) is 5.56 Å². The van der Waals surface area contributed by atoms with Crippen LogP contribution in [0.25, 0.3) is 0 Å². The van der Waals surface area contributed by atoms with Crippen LogP contribution in [0.3, 0.4) is 0 Å². The van der Waals surface area contributed by atoms with Crippen molar-refractivity contribution >= 4 is 0 Å². The summed E-state index contributed by atoms with van der Waals surface area (Å²) in [4.78, 5) is 0. The Hall–Kier alpha value is -1.07. The molecule has 1 N–H and O–H groups in total. The first-order chi connectivity index (χ1) is 9.86. The standard InChI is InChI=1S/C16H22F3NO/c1-12(20-11-15(6-7-15)8-9-21-2)13-4-3-5-14(10-13)16(17,18)19/h3-5,10,12,20H,6-9,11H2,1-2H3. The number of benzene rings is 1. The van der Waals surface area contributed by atoms with Gasteiger partial charge in [0.25, 0.3) is 0 Å². The molecule has 0 spiro atoms. The van der Waals surface area contributed by atoms with Crippen LogP contribution >= 0.6 is 0 Å². The molecule has 1 saturated carbocycles. The van der Waals surface area contributed by atoms with E-state index in [1.807, 2.05) is 6.92 Å². The summed E-state index contributed by atoms with van der Waals surface area (Å²) in [6.07, 6.45) is -0.949. The van der Waals surface area contributed by atoms with Crippen molar-refractivity contribution in [3.05, 3.63) is 35.4 Å². The zero-order valence-electron chi connectivity index (χ0n) is 12.5. The monoisotopic (exact) mass is 301 g/mol. The number of hydrogen-bond donors (Lipinski definition) is 1. The van der Waals surface area contributed by atoms with Crippen LogP contribution in [-0.2, 0) is 10.9 Å². The smallest absolute Gasteiger partial charge is 0.385 e. The quantitative estimate of drug-likeness (QED) is 0.816. The molecule has 0 aromatic heterocycles. The van der Waals surface area contributed by atoms with Gasteiger partial charge in [-0.05, 0) is 49.3 Å². The number of methoxy groups -OCH3 is 1. The van der Waals surface area contributed by atoms with Crippen molar-refractivity contribution in [2.75, 3.05) is 20.3 Å². The van der Waals surface area contributed by atoms with E-state index in [2.05, 4.69) is 5.32 Å². The van der Waals surface area contributed by atoms with Crippen molar-refractivity contribution in [2.45, 2.75) is 38.4 Å². The van der Waals surface area contributed by atoms with Gasteiger partial charge < -0.3 is 10.1 Å². The lowest BCUT2D eigenvalue weighted by Crippen LogP contribution is -2.27. The van der Waals surface area contributed by atoms with E-state index in [4.69, 9.17) is 4.74 Å². The molecule has 2 nitrogen and oxygen atoms in total. The number of hydrogen-bond acceptors (Lipinski definition) is 2. The lowest BCUT2D eigenvalue weighted by molar-refractivity contribution is -0.137.